The molecule has 52 heavy (non-hydrogen) atoms. The molecule has 1 aliphatic rings. The third kappa shape index (κ3) is 8.24. The van der Waals surface area contributed by atoms with E-state index in [-0.39, 0.29) is 34.9 Å². The summed E-state index contributed by atoms with van der Waals surface area (Å²) in [6.45, 7) is 9.82. The highest BCUT2D eigenvalue weighted by atomic mass is 16.5. The van der Waals surface area contributed by atoms with Gasteiger partial charge in [0.15, 0.2) is 5.78 Å². The van der Waals surface area contributed by atoms with Crippen molar-refractivity contribution in [2.45, 2.75) is 51.9 Å². The Hall–Kier alpha value is -5.75. The monoisotopic (exact) mass is 703 g/mol. The van der Waals surface area contributed by atoms with Gasteiger partial charge in [-0.25, -0.2) is 9.48 Å². The highest BCUT2D eigenvalue weighted by molar-refractivity contribution is 6.05. The largest absolute Gasteiger partial charge is 0.481 e. The van der Waals surface area contributed by atoms with E-state index in [1.54, 1.807) is 28.9 Å². The molecule has 270 valence electrons. The van der Waals surface area contributed by atoms with Gasteiger partial charge in [-0.3, -0.25) is 10.1 Å². The molecule has 2 amide bonds. The van der Waals surface area contributed by atoms with Crippen LogP contribution in [-0.4, -0.2) is 58.9 Å². The van der Waals surface area contributed by atoms with Crippen molar-refractivity contribution in [3.8, 4) is 29.2 Å². The number of hydrogen-bond acceptors (Lipinski definition) is 9. The predicted octanol–water partition coefficient (Wildman–Crippen LogP) is 7.69. The number of rotatable bonds is 11. The topological polar surface area (TPSA) is 142 Å². The fourth-order valence-electron chi connectivity index (χ4n) is 6.32. The molecular weight excluding hydrogens is 658 g/mol. The molecule has 2 aromatic heterocycles. The van der Waals surface area contributed by atoms with Crippen LogP contribution in [0.15, 0.2) is 84.9 Å². The van der Waals surface area contributed by atoms with Crippen LogP contribution in [0, 0.1) is 12.8 Å². The number of piperidine rings is 1. The molecule has 0 saturated carbocycles. The molecule has 1 aliphatic heterocycles. The van der Waals surface area contributed by atoms with Crippen molar-refractivity contribution in [2.24, 2.45) is 5.92 Å². The number of nitrogens with one attached hydrogen (secondary N) is 3. The lowest BCUT2D eigenvalue weighted by atomic mass is 9.75. The van der Waals surface area contributed by atoms with Gasteiger partial charge in [0, 0.05) is 17.2 Å². The van der Waals surface area contributed by atoms with E-state index in [1.165, 1.54) is 20.3 Å². The van der Waals surface area contributed by atoms with Crippen molar-refractivity contribution in [1.29, 1.82) is 0 Å². The molecule has 3 heterocycles. The van der Waals surface area contributed by atoms with Gasteiger partial charge in [0.1, 0.15) is 11.6 Å². The number of amides is 2. The lowest BCUT2D eigenvalue weighted by Gasteiger charge is -2.31. The summed E-state index contributed by atoms with van der Waals surface area (Å²) in [4.78, 5) is 37.2. The minimum atomic E-state index is -0.588. The molecule has 12 nitrogen and oxygen atoms in total. The third-order valence-electron chi connectivity index (χ3n) is 9.11. The van der Waals surface area contributed by atoms with Crippen LogP contribution in [0.1, 0.15) is 66.7 Å². The molecule has 3 N–H and O–H groups in total. The zero-order chi connectivity index (χ0) is 36.8. The van der Waals surface area contributed by atoms with Gasteiger partial charge in [0.25, 0.3) is 0 Å². The normalized spacial score (nSPS) is 14.0. The van der Waals surface area contributed by atoms with Gasteiger partial charge in [0.2, 0.25) is 11.8 Å². The second-order valence-electron chi connectivity index (χ2n) is 13.8. The standard InChI is InChI=1S/C40H45N7O5/c1-25-15-17-27(18-16-25)47-33(23-32(46-47)40(2,3)4)43-38(49)42-30-13-9-7-11-28(30)36(26-19-21-41-22-20-26)37(48)29-12-8-10-14-31(29)52-39-44-34(50-5)24-35(45-39)51-6/h7-18,23-24,26,36,41H,19-22H2,1-6H3,(H2,42,43,49). The SMILES string of the molecule is COc1cc(OC)nc(Oc2ccccc2C(=O)C(c2ccccc2NC(=O)Nc2cc(C(C)(C)C)nn2-c2ccc(C)cc2)C2CCNCC2)n1. The number of para-hydroxylation sites is 2. The van der Waals surface area contributed by atoms with Crippen molar-refractivity contribution in [1.82, 2.24) is 25.1 Å². The molecule has 1 saturated heterocycles. The number of urea groups is 1. The summed E-state index contributed by atoms with van der Waals surface area (Å²) in [5, 5.41) is 14.4. The Morgan fingerprint density at radius 3 is 2.19 bits per heavy atom. The van der Waals surface area contributed by atoms with E-state index in [1.807, 2.05) is 61.5 Å². The van der Waals surface area contributed by atoms with Crippen LogP contribution in [0.5, 0.6) is 23.5 Å². The summed E-state index contributed by atoms with van der Waals surface area (Å²) >= 11 is 0. The van der Waals surface area contributed by atoms with Crippen LogP contribution in [-0.2, 0) is 5.41 Å². The van der Waals surface area contributed by atoms with E-state index in [9.17, 15) is 9.59 Å². The maximum atomic E-state index is 14.8. The van der Waals surface area contributed by atoms with E-state index >= 15 is 0 Å². The molecule has 12 heteroatoms. The zero-order valence-electron chi connectivity index (χ0n) is 30.4. The summed E-state index contributed by atoms with van der Waals surface area (Å²) in [7, 11) is 2.97. The number of hydrogen-bond donors (Lipinski definition) is 3. The number of aryl methyl sites for hydroxylation is 1. The van der Waals surface area contributed by atoms with Crippen molar-refractivity contribution in [3.63, 3.8) is 0 Å². The van der Waals surface area contributed by atoms with Gasteiger partial charge >= 0.3 is 12.0 Å². The first-order valence-corrected chi connectivity index (χ1v) is 17.4. The molecule has 1 atom stereocenters. The number of ether oxygens (including phenoxy) is 3. The van der Waals surface area contributed by atoms with Crippen LogP contribution < -0.4 is 30.2 Å². The lowest BCUT2D eigenvalue weighted by molar-refractivity contribution is 0.0914. The number of anilines is 2. The first kappa shape index (κ1) is 36.1. The molecule has 5 aromatic rings. The van der Waals surface area contributed by atoms with Gasteiger partial charge in [-0.05, 0) is 74.7 Å². The van der Waals surface area contributed by atoms with Crippen LogP contribution in [0.25, 0.3) is 5.69 Å². The summed E-state index contributed by atoms with van der Waals surface area (Å²) in [5.41, 5.74) is 4.15. The van der Waals surface area contributed by atoms with Crippen LogP contribution in [0.3, 0.4) is 0 Å². The predicted molar refractivity (Wildman–Crippen MR) is 200 cm³/mol. The smallest absolute Gasteiger partial charge is 0.328 e. The molecule has 0 spiro atoms. The molecule has 0 aliphatic carbocycles. The van der Waals surface area contributed by atoms with E-state index in [2.05, 4.69) is 46.7 Å². The number of carbonyl (C=O) groups excluding carboxylic acids is 2. The maximum absolute atomic E-state index is 14.8. The van der Waals surface area contributed by atoms with Crippen molar-refractivity contribution in [2.75, 3.05) is 37.9 Å². The molecule has 1 unspecified atom stereocenters. The maximum Gasteiger partial charge on any atom is 0.328 e. The highest BCUT2D eigenvalue weighted by Gasteiger charge is 2.35. The highest BCUT2D eigenvalue weighted by Crippen LogP contribution is 2.40. The minimum absolute atomic E-state index is 0.00158. The van der Waals surface area contributed by atoms with Crippen LogP contribution >= 0.6 is 0 Å². The Bertz CT molecular complexity index is 2010. The van der Waals surface area contributed by atoms with E-state index in [4.69, 9.17) is 19.3 Å². The number of Topliss-reactive ketones (excluding diaryl/α,β-unsaturated/α-hetero) is 1. The van der Waals surface area contributed by atoms with Gasteiger partial charge in [-0.2, -0.15) is 15.1 Å². The van der Waals surface area contributed by atoms with Gasteiger partial charge in [0.05, 0.1) is 43.1 Å². The number of nitrogens with zero attached hydrogens (tertiary/aromatic N) is 4. The molecule has 3 aromatic carbocycles. The quantitative estimate of drug-likeness (QED) is 0.118. The van der Waals surface area contributed by atoms with Gasteiger partial charge in [-0.1, -0.05) is 68.8 Å². The van der Waals surface area contributed by atoms with Crippen LogP contribution in [0.2, 0.25) is 0 Å². The zero-order valence-corrected chi connectivity index (χ0v) is 30.4. The van der Waals surface area contributed by atoms with Crippen molar-refractivity contribution in [3.05, 3.63) is 107 Å². The molecule has 6 rings (SSSR count). The van der Waals surface area contributed by atoms with Crippen molar-refractivity contribution < 1.29 is 23.8 Å². The lowest BCUT2D eigenvalue weighted by Crippen LogP contribution is -2.34. The summed E-state index contributed by atoms with van der Waals surface area (Å²) in [6, 6.07) is 25.4. The number of methoxy groups -OCH3 is 2. The Kier molecular flexibility index (Phi) is 10.8. The Morgan fingerprint density at radius 1 is 0.865 bits per heavy atom. The molecule has 1 fully saturated rings. The Balaban J connectivity index is 1.33. The van der Waals surface area contributed by atoms with E-state index < -0.39 is 11.9 Å². The number of benzene rings is 3. The summed E-state index contributed by atoms with van der Waals surface area (Å²) in [6.07, 6.45) is 1.56. The molecule has 0 radical (unpaired) electrons. The molecular formula is C40H45N7O5. The van der Waals surface area contributed by atoms with Gasteiger partial charge < -0.3 is 24.8 Å². The number of ketones is 1. The molecule has 0 bridgehead atoms. The first-order valence-electron chi connectivity index (χ1n) is 17.4. The second-order valence-corrected chi connectivity index (χ2v) is 13.8. The average molecular weight is 704 g/mol. The second kappa shape index (κ2) is 15.6. The Morgan fingerprint density at radius 2 is 1.52 bits per heavy atom. The Labute approximate surface area is 303 Å². The van der Waals surface area contributed by atoms with Gasteiger partial charge in [-0.15, -0.1) is 0 Å². The van der Waals surface area contributed by atoms with E-state index in [0.29, 0.717) is 28.4 Å². The summed E-state index contributed by atoms with van der Waals surface area (Å²) < 4.78 is 18.5. The van der Waals surface area contributed by atoms with Crippen molar-refractivity contribution >= 4 is 23.3 Å². The number of aromatic nitrogens is 4. The minimum Gasteiger partial charge on any atom is -0.481 e. The summed E-state index contributed by atoms with van der Waals surface area (Å²) in [5.74, 6) is 0.606. The van der Waals surface area contributed by atoms with Crippen LogP contribution in [0.4, 0.5) is 16.3 Å². The average Bonchev–Trinajstić information content (AvgIpc) is 3.57. The number of carbonyl (C=O) groups is 2. The van der Waals surface area contributed by atoms with E-state index in [0.717, 1.165) is 42.9 Å². The third-order valence-corrected chi connectivity index (χ3v) is 9.11. The first-order chi connectivity index (χ1) is 25.0. The fraction of sp³-hybridized carbons (Fsp3) is 0.325. The fourth-order valence-corrected chi connectivity index (χ4v) is 6.32.